The monoisotopic (exact) mass is 487 g/mol. The molecule has 0 spiro atoms. The number of fused-ring (bicyclic) bond motifs is 1. The molecule has 0 saturated carbocycles. The Morgan fingerprint density at radius 3 is 2.69 bits per heavy atom. The standard InChI is InChI=1S/C21H18ClN5O3S2/c1-11-6-13(14-8-19(22)25-10-17(14)30-2)15(9-24-11)20(28)27-21-26-16-5-4-12(32(3,23)29)7-18(16)31-21/h4-10,23H,1-3H3,(H,26,27,28). The average Bonchev–Trinajstić information content (AvgIpc) is 3.14. The Kier molecular flexibility index (Phi) is 5.85. The highest BCUT2D eigenvalue weighted by atomic mass is 35.5. The first kappa shape index (κ1) is 22.1. The van der Waals surface area contributed by atoms with Gasteiger partial charge in [0.05, 0.1) is 38.8 Å². The summed E-state index contributed by atoms with van der Waals surface area (Å²) in [5.41, 5.74) is 2.89. The zero-order valence-corrected chi connectivity index (χ0v) is 19.7. The Hall–Kier alpha value is -3.08. The number of amides is 1. The van der Waals surface area contributed by atoms with Gasteiger partial charge in [-0.1, -0.05) is 22.9 Å². The van der Waals surface area contributed by atoms with Crippen molar-refractivity contribution in [1.82, 2.24) is 15.0 Å². The fraction of sp³-hybridized carbons (Fsp3) is 0.143. The average molecular weight is 488 g/mol. The molecular weight excluding hydrogens is 470 g/mol. The molecule has 1 aromatic carbocycles. The third-order valence-corrected chi connectivity index (χ3v) is 6.95. The van der Waals surface area contributed by atoms with Crippen LogP contribution in [-0.4, -0.2) is 38.4 Å². The van der Waals surface area contributed by atoms with E-state index in [2.05, 4.69) is 20.3 Å². The number of pyridine rings is 2. The number of aromatic nitrogens is 3. The van der Waals surface area contributed by atoms with E-state index in [-0.39, 0.29) is 5.15 Å². The lowest BCUT2D eigenvalue weighted by atomic mass is 10.0. The van der Waals surface area contributed by atoms with E-state index >= 15 is 0 Å². The summed E-state index contributed by atoms with van der Waals surface area (Å²) in [4.78, 5) is 26.3. The molecule has 1 unspecified atom stereocenters. The van der Waals surface area contributed by atoms with Gasteiger partial charge in [0, 0.05) is 34.2 Å². The lowest BCUT2D eigenvalue weighted by Gasteiger charge is -2.13. The number of aryl methyl sites for hydroxylation is 1. The molecule has 0 aliphatic carbocycles. The van der Waals surface area contributed by atoms with Crippen LogP contribution in [0.4, 0.5) is 5.13 Å². The number of methoxy groups -OCH3 is 1. The number of nitrogens with zero attached hydrogens (tertiary/aromatic N) is 3. The smallest absolute Gasteiger partial charge is 0.259 e. The molecule has 0 fully saturated rings. The second-order valence-corrected chi connectivity index (χ2v) is 10.6. The van der Waals surface area contributed by atoms with Crippen molar-refractivity contribution in [2.75, 3.05) is 18.7 Å². The van der Waals surface area contributed by atoms with Gasteiger partial charge in [-0.2, -0.15) is 0 Å². The largest absolute Gasteiger partial charge is 0.494 e. The van der Waals surface area contributed by atoms with Gasteiger partial charge in [-0.15, -0.1) is 0 Å². The Morgan fingerprint density at radius 1 is 1.19 bits per heavy atom. The maximum absolute atomic E-state index is 13.2. The van der Waals surface area contributed by atoms with Crippen molar-refractivity contribution in [2.24, 2.45) is 0 Å². The highest BCUT2D eigenvalue weighted by molar-refractivity contribution is 7.91. The molecule has 32 heavy (non-hydrogen) atoms. The van der Waals surface area contributed by atoms with Crippen LogP contribution in [0.15, 0.2) is 47.6 Å². The number of benzene rings is 1. The van der Waals surface area contributed by atoms with Crippen molar-refractivity contribution in [2.45, 2.75) is 11.8 Å². The summed E-state index contributed by atoms with van der Waals surface area (Å²) in [7, 11) is -1.33. The van der Waals surface area contributed by atoms with Gasteiger partial charge < -0.3 is 4.74 Å². The third-order valence-electron chi connectivity index (χ3n) is 4.66. The topological polar surface area (TPSA) is 118 Å². The van der Waals surface area contributed by atoms with Crippen LogP contribution in [-0.2, 0) is 9.73 Å². The summed E-state index contributed by atoms with van der Waals surface area (Å²) in [6.45, 7) is 1.82. The Labute approximate surface area is 193 Å². The minimum atomic E-state index is -2.85. The molecule has 0 radical (unpaired) electrons. The zero-order valence-electron chi connectivity index (χ0n) is 17.3. The van der Waals surface area contributed by atoms with Crippen molar-refractivity contribution < 1.29 is 13.7 Å². The summed E-state index contributed by atoms with van der Waals surface area (Å²) < 4.78 is 25.9. The highest BCUT2D eigenvalue weighted by Gasteiger charge is 2.19. The van der Waals surface area contributed by atoms with Crippen LogP contribution in [0.1, 0.15) is 16.1 Å². The number of hydrogen-bond donors (Lipinski definition) is 2. The SMILES string of the molecule is COc1cnc(Cl)cc1-c1cc(C)ncc1C(=O)Nc1nc2ccc(S(C)(=N)=O)cc2s1. The summed E-state index contributed by atoms with van der Waals surface area (Å²) in [6, 6.07) is 8.39. The fourth-order valence-electron chi connectivity index (χ4n) is 3.12. The lowest BCUT2D eigenvalue weighted by Crippen LogP contribution is -2.14. The predicted octanol–water partition coefficient (Wildman–Crippen LogP) is 5.01. The summed E-state index contributed by atoms with van der Waals surface area (Å²) in [5, 5.41) is 3.45. The molecule has 4 aromatic rings. The first-order valence-corrected chi connectivity index (χ1v) is 12.4. The highest BCUT2D eigenvalue weighted by Crippen LogP contribution is 2.35. The summed E-state index contributed by atoms with van der Waals surface area (Å²) in [5.74, 6) is 0.0710. The lowest BCUT2D eigenvalue weighted by molar-refractivity contribution is 0.102. The number of ether oxygens (including phenoxy) is 1. The molecule has 1 atom stereocenters. The second kappa shape index (κ2) is 8.45. The van der Waals surface area contributed by atoms with Crippen molar-refractivity contribution in [1.29, 1.82) is 4.78 Å². The van der Waals surface area contributed by atoms with Crippen molar-refractivity contribution in [3.63, 3.8) is 0 Å². The molecule has 164 valence electrons. The molecule has 0 bridgehead atoms. The molecule has 3 heterocycles. The van der Waals surface area contributed by atoms with E-state index < -0.39 is 15.6 Å². The van der Waals surface area contributed by atoms with Crippen molar-refractivity contribution >= 4 is 53.9 Å². The number of thiazole rings is 1. The van der Waals surface area contributed by atoms with E-state index in [1.54, 1.807) is 30.3 Å². The molecule has 11 heteroatoms. The van der Waals surface area contributed by atoms with Gasteiger partial charge in [0.1, 0.15) is 10.9 Å². The molecule has 4 rings (SSSR count). The number of carbonyl (C=O) groups is 1. The molecule has 0 aliphatic rings. The van der Waals surface area contributed by atoms with E-state index in [0.29, 0.717) is 38.0 Å². The van der Waals surface area contributed by atoms with E-state index in [4.69, 9.17) is 21.1 Å². The molecule has 0 aliphatic heterocycles. The van der Waals surface area contributed by atoms with E-state index in [1.807, 2.05) is 6.92 Å². The van der Waals surface area contributed by atoms with Gasteiger partial charge in [0.25, 0.3) is 5.91 Å². The first-order valence-electron chi connectivity index (χ1n) is 9.28. The van der Waals surface area contributed by atoms with Crippen LogP contribution in [0.3, 0.4) is 0 Å². The maximum atomic E-state index is 13.2. The van der Waals surface area contributed by atoms with Gasteiger partial charge in [0.2, 0.25) is 0 Å². The van der Waals surface area contributed by atoms with Crippen LogP contribution in [0.2, 0.25) is 5.15 Å². The summed E-state index contributed by atoms with van der Waals surface area (Å²) in [6.07, 6.45) is 4.35. The number of carbonyl (C=O) groups excluding carboxylic acids is 1. The normalized spacial score (nSPS) is 13.0. The molecule has 8 nitrogen and oxygen atoms in total. The minimum absolute atomic E-state index is 0.269. The number of halogens is 1. The first-order chi connectivity index (χ1) is 15.2. The summed E-state index contributed by atoms with van der Waals surface area (Å²) >= 11 is 7.33. The van der Waals surface area contributed by atoms with Gasteiger partial charge in [0.15, 0.2) is 5.13 Å². The Bertz CT molecular complexity index is 1470. The maximum Gasteiger partial charge on any atom is 0.259 e. The Morgan fingerprint density at radius 2 is 1.97 bits per heavy atom. The molecule has 2 N–H and O–H groups in total. The van der Waals surface area contributed by atoms with Gasteiger partial charge in [-0.05, 0) is 37.3 Å². The van der Waals surface area contributed by atoms with Gasteiger partial charge >= 0.3 is 0 Å². The van der Waals surface area contributed by atoms with Crippen molar-refractivity contribution in [3.8, 4) is 16.9 Å². The van der Waals surface area contributed by atoms with Crippen molar-refractivity contribution in [3.05, 3.63) is 59.1 Å². The number of rotatable bonds is 5. The van der Waals surface area contributed by atoms with E-state index in [0.717, 1.165) is 10.4 Å². The van der Waals surface area contributed by atoms with Crippen LogP contribution >= 0.6 is 22.9 Å². The number of anilines is 1. The number of hydrogen-bond acceptors (Lipinski definition) is 8. The molecule has 0 saturated heterocycles. The van der Waals surface area contributed by atoms with Crippen LogP contribution in [0, 0.1) is 11.7 Å². The fourth-order valence-corrected chi connectivity index (χ4v) is 4.92. The number of nitrogens with one attached hydrogen (secondary N) is 2. The Balaban J connectivity index is 1.73. The second-order valence-electron chi connectivity index (χ2n) is 7.02. The quantitative estimate of drug-likeness (QED) is 0.382. The zero-order chi connectivity index (χ0) is 23.0. The van der Waals surface area contributed by atoms with Crippen LogP contribution in [0.25, 0.3) is 21.3 Å². The molecule has 1 amide bonds. The van der Waals surface area contributed by atoms with Crippen LogP contribution in [0.5, 0.6) is 5.75 Å². The molecular formula is C21H18ClN5O3S2. The third kappa shape index (κ3) is 4.43. The molecule has 3 aromatic heterocycles. The van der Waals surface area contributed by atoms with Gasteiger partial charge in [-0.25, -0.2) is 19.0 Å². The van der Waals surface area contributed by atoms with E-state index in [9.17, 15) is 9.00 Å². The van der Waals surface area contributed by atoms with Crippen LogP contribution < -0.4 is 10.1 Å². The van der Waals surface area contributed by atoms with Gasteiger partial charge in [-0.3, -0.25) is 15.1 Å². The minimum Gasteiger partial charge on any atom is -0.494 e. The van der Waals surface area contributed by atoms with E-state index in [1.165, 1.54) is 37.1 Å². The predicted molar refractivity (Wildman–Crippen MR) is 126 cm³/mol.